The Bertz CT molecular complexity index is 1100. The average molecular weight is 406 g/mol. The second-order valence-electron chi connectivity index (χ2n) is 7.52. The first kappa shape index (κ1) is 19.4. The Labute approximate surface area is 175 Å². The average Bonchev–Trinajstić information content (AvgIpc) is 3.14. The molecule has 0 aliphatic heterocycles. The quantitative estimate of drug-likeness (QED) is 0.444. The molecule has 4 aromatic rings. The van der Waals surface area contributed by atoms with Gasteiger partial charge in [0.15, 0.2) is 0 Å². The van der Waals surface area contributed by atoms with Crippen molar-refractivity contribution >= 4 is 28.5 Å². The van der Waals surface area contributed by atoms with Gasteiger partial charge in [-0.2, -0.15) is 0 Å². The predicted molar refractivity (Wildman–Crippen MR) is 120 cm³/mol. The van der Waals surface area contributed by atoms with Crippen LogP contribution in [0.3, 0.4) is 0 Å². The number of hydrogen-bond acceptors (Lipinski definition) is 4. The first-order valence-corrected chi connectivity index (χ1v) is 9.97. The lowest BCUT2D eigenvalue weighted by Gasteiger charge is -2.15. The van der Waals surface area contributed by atoms with Gasteiger partial charge < -0.3 is 15.2 Å². The summed E-state index contributed by atoms with van der Waals surface area (Å²) in [6.07, 6.45) is 1.58. The SMILES string of the molecule is CC(Nc1ncnc2[nH]c(-c3ccc(CN(C)C)cc3)cc12)c1ccc(Cl)cc1. The molecular formula is C23H24ClN5. The van der Waals surface area contributed by atoms with Crippen LogP contribution in [-0.4, -0.2) is 33.9 Å². The van der Waals surface area contributed by atoms with E-state index in [1.165, 1.54) is 5.56 Å². The number of H-pyrrole nitrogens is 1. The Morgan fingerprint density at radius 2 is 1.76 bits per heavy atom. The molecule has 0 spiro atoms. The number of nitrogens with zero attached hydrogens (tertiary/aromatic N) is 3. The van der Waals surface area contributed by atoms with Crippen LogP contribution in [0.15, 0.2) is 60.9 Å². The van der Waals surface area contributed by atoms with E-state index in [0.29, 0.717) is 0 Å². The van der Waals surface area contributed by atoms with Crippen LogP contribution >= 0.6 is 11.6 Å². The van der Waals surface area contributed by atoms with E-state index < -0.39 is 0 Å². The lowest BCUT2D eigenvalue weighted by molar-refractivity contribution is 0.402. The van der Waals surface area contributed by atoms with Crippen molar-refractivity contribution in [3.63, 3.8) is 0 Å². The standard InChI is InChI=1S/C23H24ClN5/c1-15(17-8-10-19(24)11-9-17)27-22-20-12-21(28-23(20)26-14-25-22)18-6-4-16(5-7-18)13-29(2)3/h4-12,14-15H,13H2,1-3H3,(H2,25,26,27,28). The van der Waals surface area contributed by atoms with Crippen LogP contribution in [0.1, 0.15) is 24.1 Å². The zero-order valence-corrected chi connectivity index (χ0v) is 17.5. The van der Waals surface area contributed by atoms with Crippen molar-refractivity contribution in [2.45, 2.75) is 19.5 Å². The molecule has 1 unspecified atom stereocenters. The van der Waals surface area contributed by atoms with E-state index in [2.05, 4.69) is 76.5 Å². The van der Waals surface area contributed by atoms with Gasteiger partial charge in [0, 0.05) is 23.3 Å². The molecule has 5 nitrogen and oxygen atoms in total. The Balaban J connectivity index is 1.60. The molecule has 0 radical (unpaired) electrons. The molecule has 2 heterocycles. The summed E-state index contributed by atoms with van der Waals surface area (Å²) >= 11 is 6.00. The summed E-state index contributed by atoms with van der Waals surface area (Å²) in [5.41, 5.74) is 5.40. The topological polar surface area (TPSA) is 56.8 Å². The number of aromatic amines is 1. The lowest BCUT2D eigenvalue weighted by Crippen LogP contribution is -2.10. The number of anilines is 1. The molecule has 2 N–H and O–H groups in total. The minimum absolute atomic E-state index is 0.0917. The third-order valence-electron chi connectivity index (χ3n) is 4.91. The van der Waals surface area contributed by atoms with Gasteiger partial charge in [0.25, 0.3) is 0 Å². The highest BCUT2D eigenvalue weighted by Gasteiger charge is 2.12. The van der Waals surface area contributed by atoms with E-state index in [1.54, 1.807) is 6.33 Å². The molecule has 4 rings (SSSR count). The summed E-state index contributed by atoms with van der Waals surface area (Å²) in [6, 6.07) is 18.6. The molecule has 0 fully saturated rings. The highest BCUT2D eigenvalue weighted by Crippen LogP contribution is 2.29. The Kier molecular flexibility index (Phi) is 5.51. The summed E-state index contributed by atoms with van der Waals surface area (Å²) in [5, 5.41) is 5.20. The van der Waals surface area contributed by atoms with E-state index in [9.17, 15) is 0 Å². The zero-order valence-electron chi connectivity index (χ0n) is 16.8. The minimum atomic E-state index is 0.0917. The van der Waals surface area contributed by atoms with Crippen molar-refractivity contribution in [3.05, 3.63) is 77.1 Å². The molecule has 6 heteroatoms. The van der Waals surface area contributed by atoms with Crippen molar-refractivity contribution in [1.82, 2.24) is 19.9 Å². The first-order valence-electron chi connectivity index (χ1n) is 9.59. The van der Waals surface area contributed by atoms with Gasteiger partial charge in [-0.3, -0.25) is 0 Å². The molecule has 2 aromatic carbocycles. The maximum Gasteiger partial charge on any atom is 0.143 e. The molecule has 0 amide bonds. The first-order chi connectivity index (χ1) is 14.0. The van der Waals surface area contributed by atoms with Gasteiger partial charge in [-0.15, -0.1) is 0 Å². The fourth-order valence-electron chi connectivity index (χ4n) is 3.41. The Hall–Kier alpha value is -2.89. The van der Waals surface area contributed by atoms with Crippen molar-refractivity contribution < 1.29 is 0 Å². The Morgan fingerprint density at radius 1 is 1.03 bits per heavy atom. The summed E-state index contributed by atoms with van der Waals surface area (Å²) < 4.78 is 0. The maximum atomic E-state index is 6.00. The van der Waals surface area contributed by atoms with Crippen LogP contribution in [0.2, 0.25) is 5.02 Å². The number of hydrogen-bond donors (Lipinski definition) is 2. The van der Waals surface area contributed by atoms with Gasteiger partial charge >= 0.3 is 0 Å². The van der Waals surface area contributed by atoms with Crippen molar-refractivity contribution in [1.29, 1.82) is 0 Å². The molecule has 0 aliphatic rings. The smallest absolute Gasteiger partial charge is 0.143 e. The van der Waals surface area contributed by atoms with E-state index in [1.807, 2.05) is 24.3 Å². The summed E-state index contributed by atoms with van der Waals surface area (Å²) in [5.74, 6) is 0.809. The van der Waals surface area contributed by atoms with Gasteiger partial charge in [-0.1, -0.05) is 48.0 Å². The molecule has 2 aromatic heterocycles. The second kappa shape index (κ2) is 8.23. The largest absolute Gasteiger partial charge is 0.363 e. The van der Waals surface area contributed by atoms with E-state index in [0.717, 1.165) is 45.2 Å². The molecular weight excluding hydrogens is 382 g/mol. The summed E-state index contributed by atoms with van der Waals surface area (Å²) in [6.45, 7) is 3.03. The summed E-state index contributed by atoms with van der Waals surface area (Å²) in [7, 11) is 4.15. The van der Waals surface area contributed by atoms with Crippen molar-refractivity contribution in [2.75, 3.05) is 19.4 Å². The number of benzene rings is 2. The minimum Gasteiger partial charge on any atom is -0.363 e. The van der Waals surface area contributed by atoms with Gasteiger partial charge in [-0.25, -0.2) is 9.97 Å². The number of halogens is 1. The van der Waals surface area contributed by atoms with Gasteiger partial charge in [-0.05, 0) is 55.9 Å². The van der Waals surface area contributed by atoms with E-state index >= 15 is 0 Å². The van der Waals surface area contributed by atoms with Crippen molar-refractivity contribution in [3.8, 4) is 11.3 Å². The van der Waals surface area contributed by atoms with Crippen LogP contribution in [0.5, 0.6) is 0 Å². The molecule has 148 valence electrons. The molecule has 0 saturated heterocycles. The number of nitrogens with one attached hydrogen (secondary N) is 2. The molecule has 0 saturated carbocycles. The monoisotopic (exact) mass is 405 g/mol. The summed E-state index contributed by atoms with van der Waals surface area (Å²) in [4.78, 5) is 14.4. The van der Waals surface area contributed by atoms with Gasteiger partial charge in [0.05, 0.1) is 5.39 Å². The van der Waals surface area contributed by atoms with Crippen LogP contribution in [0.4, 0.5) is 5.82 Å². The third kappa shape index (κ3) is 4.42. The van der Waals surface area contributed by atoms with Gasteiger partial charge in [0.2, 0.25) is 0 Å². The molecule has 0 aliphatic carbocycles. The fraction of sp³-hybridized carbons (Fsp3) is 0.217. The molecule has 29 heavy (non-hydrogen) atoms. The number of rotatable bonds is 6. The maximum absolute atomic E-state index is 6.00. The number of aromatic nitrogens is 3. The lowest BCUT2D eigenvalue weighted by atomic mass is 10.1. The predicted octanol–water partition coefficient (Wildman–Crippen LogP) is 5.51. The molecule has 1 atom stereocenters. The normalized spacial score (nSPS) is 12.4. The van der Waals surface area contributed by atoms with Crippen LogP contribution in [0, 0.1) is 0 Å². The van der Waals surface area contributed by atoms with Crippen molar-refractivity contribution in [2.24, 2.45) is 0 Å². The molecule has 0 bridgehead atoms. The van der Waals surface area contributed by atoms with Gasteiger partial charge in [0.1, 0.15) is 17.8 Å². The fourth-order valence-corrected chi connectivity index (χ4v) is 3.53. The highest BCUT2D eigenvalue weighted by atomic mass is 35.5. The van der Waals surface area contributed by atoms with E-state index in [-0.39, 0.29) is 6.04 Å². The van der Waals surface area contributed by atoms with Crippen LogP contribution in [0.25, 0.3) is 22.3 Å². The Morgan fingerprint density at radius 3 is 2.45 bits per heavy atom. The van der Waals surface area contributed by atoms with Crippen LogP contribution in [-0.2, 0) is 6.54 Å². The highest BCUT2D eigenvalue weighted by molar-refractivity contribution is 6.30. The zero-order chi connectivity index (χ0) is 20.4. The van der Waals surface area contributed by atoms with Crippen LogP contribution < -0.4 is 5.32 Å². The third-order valence-corrected chi connectivity index (χ3v) is 5.16. The second-order valence-corrected chi connectivity index (χ2v) is 7.96. The van der Waals surface area contributed by atoms with E-state index in [4.69, 9.17) is 11.6 Å². The number of fused-ring (bicyclic) bond motifs is 1.